The third-order valence-corrected chi connectivity index (χ3v) is 12.5. The van der Waals surface area contributed by atoms with Crippen molar-refractivity contribution in [2.75, 3.05) is 6.61 Å². The number of benzene rings is 1. The Balaban J connectivity index is 1.13. The molecule has 1 aromatic carbocycles. The summed E-state index contributed by atoms with van der Waals surface area (Å²) in [4.78, 5) is 36.4. The highest BCUT2D eigenvalue weighted by molar-refractivity contribution is 5.85. The van der Waals surface area contributed by atoms with Crippen molar-refractivity contribution in [1.29, 1.82) is 0 Å². The van der Waals surface area contributed by atoms with Gasteiger partial charge in [-0.15, -0.1) is 0 Å². The minimum absolute atomic E-state index is 0.0481. The fraction of sp³-hybridized carbons (Fsp3) is 0.676. The Kier molecular flexibility index (Phi) is 7.65. The summed E-state index contributed by atoms with van der Waals surface area (Å²) >= 11 is 0. The molecule has 0 saturated heterocycles. The van der Waals surface area contributed by atoms with Crippen LogP contribution in [-0.4, -0.2) is 62.7 Å². The summed E-state index contributed by atoms with van der Waals surface area (Å²) in [6.07, 6.45) is 6.22. The first kappa shape index (κ1) is 30.1. The highest BCUT2D eigenvalue weighted by atomic mass is 16.5. The van der Waals surface area contributed by atoms with Gasteiger partial charge in [0.05, 0.1) is 24.5 Å². The van der Waals surface area contributed by atoms with Gasteiger partial charge in [-0.3, -0.25) is 9.59 Å². The molecule has 0 bridgehead atoms. The molecule has 4 saturated carbocycles. The third kappa shape index (κ3) is 4.96. The number of cyclic esters (lactones) is 1. The van der Waals surface area contributed by atoms with Crippen LogP contribution in [-0.2, 0) is 23.9 Å². The lowest BCUT2D eigenvalue weighted by Gasteiger charge is -2.65. The second-order valence-corrected chi connectivity index (χ2v) is 14.3. The lowest BCUT2D eigenvalue weighted by atomic mass is 9.42. The number of fused-ring (bicyclic) bond motifs is 5. The molecule has 234 valence electrons. The molecule has 0 radical (unpaired) electrons. The Hall–Kier alpha value is -2.91. The van der Waals surface area contributed by atoms with E-state index in [1.54, 1.807) is 18.2 Å². The second-order valence-electron chi connectivity index (χ2n) is 14.3. The van der Waals surface area contributed by atoms with Crippen molar-refractivity contribution >= 4 is 17.9 Å². The Bertz CT molecular complexity index is 1310. The SMILES string of the molecule is C[C@]12CC[C@H](OC(=O)CC(CC(=O)O)c3ccc(O)cc3)C[C@H]1CC[C@@H]1[C@@H]2C[C@@H](O)[C@]2(C)[C@@H](C3=CC(=O)OC3)CC[C@]12O. The average Bonchev–Trinajstić information content (AvgIpc) is 3.50. The molecule has 1 aromatic rings. The maximum atomic E-state index is 13.1. The topological polar surface area (TPSA) is 151 Å². The lowest BCUT2D eigenvalue weighted by Crippen LogP contribution is -2.67. The van der Waals surface area contributed by atoms with Gasteiger partial charge in [0.1, 0.15) is 18.5 Å². The molecule has 0 aromatic heterocycles. The number of aromatic hydroxyl groups is 1. The number of aliphatic hydroxyl groups is 2. The molecule has 10 atom stereocenters. The second kappa shape index (κ2) is 10.9. The maximum Gasteiger partial charge on any atom is 0.331 e. The van der Waals surface area contributed by atoms with Gasteiger partial charge in [0.25, 0.3) is 0 Å². The van der Waals surface area contributed by atoms with Gasteiger partial charge in [-0.05, 0) is 104 Å². The number of carbonyl (C=O) groups excluding carboxylic acids is 2. The normalized spacial score (nSPS) is 40.8. The number of ether oxygens (including phenoxy) is 2. The van der Waals surface area contributed by atoms with Crippen molar-refractivity contribution in [3.8, 4) is 5.75 Å². The number of hydrogen-bond donors (Lipinski definition) is 4. The molecule has 6 rings (SSSR count). The van der Waals surface area contributed by atoms with Crippen LogP contribution in [0.2, 0.25) is 0 Å². The van der Waals surface area contributed by atoms with Gasteiger partial charge in [-0.1, -0.05) is 26.0 Å². The van der Waals surface area contributed by atoms with Gasteiger partial charge < -0.3 is 29.9 Å². The molecule has 1 aliphatic heterocycles. The summed E-state index contributed by atoms with van der Waals surface area (Å²) < 4.78 is 11.2. The molecule has 5 aliphatic rings. The number of esters is 2. The van der Waals surface area contributed by atoms with Crippen LogP contribution >= 0.6 is 0 Å². The van der Waals surface area contributed by atoms with Crippen LogP contribution < -0.4 is 0 Å². The summed E-state index contributed by atoms with van der Waals surface area (Å²) in [5.41, 5.74) is -0.319. The van der Waals surface area contributed by atoms with E-state index in [4.69, 9.17) is 9.47 Å². The highest BCUT2D eigenvalue weighted by Crippen LogP contribution is 2.70. The van der Waals surface area contributed by atoms with Crippen LogP contribution in [0.4, 0.5) is 0 Å². The number of carboxylic acid groups (broad SMARTS) is 1. The molecule has 1 heterocycles. The predicted octanol–water partition coefficient (Wildman–Crippen LogP) is 4.48. The van der Waals surface area contributed by atoms with E-state index >= 15 is 0 Å². The smallest absolute Gasteiger partial charge is 0.331 e. The molecule has 0 amide bonds. The van der Waals surface area contributed by atoms with Crippen molar-refractivity contribution in [3.05, 3.63) is 41.5 Å². The maximum absolute atomic E-state index is 13.1. The van der Waals surface area contributed by atoms with Gasteiger partial charge >= 0.3 is 17.9 Å². The standard InChI is InChI=1S/C34H44O9/c1-32-11-9-24(43-31(40)14-20(13-29(37)38)19-3-6-23(35)7-4-19)16-22(32)5-8-26-27(32)17-28(36)33(2)25(10-12-34(26,33)41)21-15-30(39)42-18-21/h3-4,6-7,15,20,22,24-28,35-36,41H,5,8-14,16-18H2,1-2H3,(H,37,38)/t20?,22-,24+,25-,26-,27+,28-,32+,33+,34+/m1/s1. The van der Waals surface area contributed by atoms with Crippen LogP contribution in [0.15, 0.2) is 35.9 Å². The van der Waals surface area contributed by atoms with Gasteiger partial charge in [-0.2, -0.15) is 0 Å². The summed E-state index contributed by atoms with van der Waals surface area (Å²) in [6.45, 7) is 4.54. The zero-order valence-electron chi connectivity index (χ0n) is 25.0. The first-order valence-electron chi connectivity index (χ1n) is 15.8. The van der Waals surface area contributed by atoms with E-state index < -0.39 is 35.0 Å². The Morgan fingerprint density at radius 2 is 1.77 bits per heavy atom. The van der Waals surface area contributed by atoms with Crippen LogP contribution in [0, 0.1) is 34.5 Å². The molecule has 9 heteroatoms. The van der Waals surface area contributed by atoms with Crippen LogP contribution in [0.5, 0.6) is 5.75 Å². The quantitative estimate of drug-likeness (QED) is 0.334. The first-order valence-corrected chi connectivity index (χ1v) is 15.8. The monoisotopic (exact) mass is 596 g/mol. The summed E-state index contributed by atoms with van der Waals surface area (Å²) in [5, 5.41) is 43.2. The Labute approximate surface area is 252 Å². The van der Waals surface area contributed by atoms with Crippen LogP contribution in [0.25, 0.3) is 0 Å². The minimum atomic E-state index is -1.03. The largest absolute Gasteiger partial charge is 0.508 e. The van der Waals surface area contributed by atoms with Gasteiger partial charge in [0.15, 0.2) is 0 Å². The molecule has 9 nitrogen and oxygen atoms in total. The predicted molar refractivity (Wildman–Crippen MR) is 155 cm³/mol. The zero-order chi connectivity index (χ0) is 30.7. The van der Waals surface area contributed by atoms with E-state index in [-0.39, 0.29) is 66.4 Å². The molecular weight excluding hydrogens is 552 g/mol. The van der Waals surface area contributed by atoms with Crippen molar-refractivity contribution in [3.63, 3.8) is 0 Å². The number of hydrogen-bond acceptors (Lipinski definition) is 8. The Morgan fingerprint density at radius 3 is 2.44 bits per heavy atom. The molecule has 4 aliphatic carbocycles. The number of aliphatic carboxylic acids is 1. The lowest BCUT2D eigenvalue weighted by molar-refractivity contribution is -0.245. The fourth-order valence-corrected chi connectivity index (χ4v) is 10.2. The molecule has 4 N–H and O–H groups in total. The third-order valence-electron chi connectivity index (χ3n) is 12.5. The number of phenolic OH excluding ortho intramolecular Hbond substituents is 1. The van der Waals surface area contributed by atoms with E-state index in [1.807, 2.05) is 6.92 Å². The minimum Gasteiger partial charge on any atom is -0.508 e. The zero-order valence-corrected chi connectivity index (χ0v) is 25.0. The van der Waals surface area contributed by atoms with Crippen molar-refractivity contribution in [1.82, 2.24) is 0 Å². The average molecular weight is 597 g/mol. The number of rotatable bonds is 7. The van der Waals surface area contributed by atoms with E-state index in [0.29, 0.717) is 24.8 Å². The van der Waals surface area contributed by atoms with E-state index in [9.17, 15) is 34.8 Å². The van der Waals surface area contributed by atoms with E-state index in [0.717, 1.165) is 37.7 Å². The molecular formula is C34H44O9. The van der Waals surface area contributed by atoms with Crippen LogP contribution in [0.1, 0.15) is 89.5 Å². The van der Waals surface area contributed by atoms with Gasteiger partial charge in [-0.25, -0.2) is 4.79 Å². The first-order chi connectivity index (χ1) is 20.3. The summed E-state index contributed by atoms with van der Waals surface area (Å²) in [5.74, 6) is -1.85. The Morgan fingerprint density at radius 1 is 1.02 bits per heavy atom. The fourth-order valence-electron chi connectivity index (χ4n) is 10.2. The molecule has 1 unspecified atom stereocenters. The summed E-state index contributed by atoms with van der Waals surface area (Å²) in [6, 6.07) is 6.26. The van der Waals surface area contributed by atoms with Gasteiger partial charge in [0, 0.05) is 17.4 Å². The number of carboxylic acids is 1. The van der Waals surface area contributed by atoms with Crippen molar-refractivity contribution in [2.45, 2.75) is 102 Å². The van der Waals surface area contributed by atoms with Gasteiger partial charge in [0.2, 0.25) is 0 Å². The van der Waals surface area contributed by atoms with Crippen LogP contribution in [0.3, 0.4) is 0 Å². The molecule has 4 fully saturated rings. The van der Waals surface area contributed by atoms with Crippen molar-refractivity contribution in [2.24, 2.45) is 34.5 Å². The molecule has 0 spiro atoms. The number of aliphatic hydroxyl groups excluding tert-OH is 1. The number of carbonyl (C=O) groups is 3. The summed E-state index contributed by atoms with van der Waals surface area (Å²) in [7, 11) is 0. The highest BCUT2D eigenvalue weighted by Gasteiger charge is 2.70. The van der Waals surface area contributed by atoms with E-state index in [2.05, 4.69) is 6.92 Å². The van der Waals surface area contributed by atoms with Crippen molar-refractivity contribution < 1.29 is 44.3 Å². The number of phenols is 1. The molecule has 43 heavy (non-hydrogen) atoms. The van der Waals surface area contributed by atoms with E-state index in [1.165, 1.54) is 12.1 Å².